The van der Waals surface area contributed by atoms with Crippen LogP contribution in [0.2, 0.25) is 0 Å². The van der Waals surface area contributed by atoms with E-state index in [0.717, 1.165) is 24.4 Å². The Kier molecular flexibility index (Phi) is 4.78. The normalized spacial score (nSPS) is 12.7. The van der Waals surface area contributed by atoms with Gasteiger partial charge in [-0.05, 0) is 24.6 Å². The first-order valence-corrected chi connectivity index (χ1v) is 5.97. The lowest BCUT2D eigenvalue weighted by atomic mass is 10.1. The zero-order valence-electron chi connectivity index (χ0n) is 9.12. The summed E-state index contributed by atoms with van der Waals surface area (Å²) in [5.41, 5.74) is 0. The highest BCUT2D eigenvalue weighted by molar-refractivity contribution is 7.13. The number of carbonyl (C=O) groups is 1. The van der Waals surface area contributed by atoms with Crippen molar-refractivity contribution in [2.24, 2.45) is 5.92 Å². The molecule has 1 aromatic heterocycles. The number of carboxylic acids is 1. The molecule has 0 saturated carbocycles. The lowest BCUT2D eigenvalue weighted by Crippen LogP contribution is -2.19. The summed E-state index contributed by atoms with van der Waals surface area (Å²) < 4.78 is 0. The fourth-order valence-corrected chi connectivity index (χ4v) is 1.99. The highest BCUT2D eigenvalue weighted by Crippen LogP contribution is 2.16. The van der Waals surface area contributed by atoms with E-state index in [2.05, 4.69) is 19.2 Å². The van der Waals surface area contributed by atoms with Crippen LogP contribution in [0.25, 0.3) is 0 Å². The molecule has 4 heteroatoms. The Morgan fingerprint density at radius 3 is 2.87 bits per heavy atom. The minimum atomic E-state index is -0.840. The van der Waals surface area contributed by atoms with Crippen molar-refractivity contribution < 1.29 is 9.90 Å². The number of aromatic carboxylic acids is 1. The van der Waals surface area contributed by atoms with Gasteiger partial charge in [-0.1, -0.05) is 20.3 Å². The van der Waals surface area contributed by atoms with Crippen LogP contribution < -0.4 is 5.32 Å². The topological polar surface area (TPSA) is 49.3 Å². The Hall–Kier alpha value is -0.870. The smallest absolute Gasteiger partial charge is 0.345 e. The Bertz CT molecular complexity index is 322. The van der Waals surface area contributed by atoms with E-state index in [1.54, 1.807) is 6.07 Å². The van der Waals surface area contributed by atoms with Crippen LogP contribution in [0, 0.1) is 5.92 Å². The molecule has 0 fully saturated rings. The maximum Gasteiger partial charge on any atom is 0.345 e. The van der Waals surface area contributed by atoms with E-state index in [-0.39, 0.29) is 0 Å². The van der Waals surface area contributed by atoms with Gasteiger partial charge in [0.2, 0.25) is 0 Å². The molecule has 0 spiro atoms. The minimum absolute atomic E-state index is 0.412. The monoisotopic (exact) mass is 227 g/mol. The predicted molar refractivity (Wildman–Crippen MR) is 62.4 cm³/mol. The largest absolute Gasteiger partial charge is 0.477 e. The van der Waals surface area contributed by atoms with Crippen LogP contribution in [-0.2, 0) is 6.54 Å². The summed E-state index contributed by atoms with van der Waals surface area (Å²) >= 11 is 1.34. The Balaban J connectivity index is 2.35. The van der Waals surface area contributed by atoms with Gasteiger partial charge in [-0.25, -0.2) is 4.79 Å². The van der Waals surface area contributed by atoms with Gasteiger partial charge >= 0.3 is 5.97 Å². The highest BCUT2D eigenvalue weighted by atomic mass is 32.1. The van der Waals surface area contributed by atoms with Crippen LogP contribution in [0.3, 0.4) is 0 Å². The van der Waals surface area contributed by atoms with Gasteiger partial charge in [0.05, 0.1) is 0 Å². The van der Waals surface area contributed by atoms with Crippen LogP contribution in [-0.4, -0.2) is 17.6 Å². The summed E-state index contributed by atoms with van der Waals surface area (Å²) in [5.74, 6) is -0.169. The quantitative estimate of drug-likeness (QED) is 0.785. The zero-order valence-corrected chi connectivity index (χ0v) is 9.93. The second kappa shape index (κ2) is 5.88. The van der Waals surface area contributed by atoms with Crippen molar-refractivity contribution in [3.05, 3.63) is 21.9 Å². The summed E-state index contributed by atoms with van der Waals surface area (Å²) in [6.07, 6.45) is 1.16. The van der Waals surface area contributed by atoms with Gasteiger partial charge in [-0.15, -0.1) is 11.3 Å². The number of nitrogens with one attached hydrogen (secondary N) is 1. The molecule has 15 heavy (non-hydrogen) atoms. The molecule has 0 amide bonds. The van der Waals surface area contributed by atoms with Crippen molar-refractivity contribution >= 4 is 17.3 Å². The molecule has 0 aliphatic rings. The summed E-state index contributed by atoms with van der Waals surface area (Å²) in [6.45, 7) is 6.11. The number of rotatable bonds is 6. The van der Waals surface area contributed by atoms with Gasteiger partial charge < -0.3 is 10.4 Å². The van der Waals surface area contributed by atoms with Crippen LogP contribution in [0.5, 0.6) is 0 Å². The van der Waals surface area contributed by atoms with Crippen LogP contribution >= 0.6 is 11.3 Å². The first-order chi connectivity index (χ1) is 7.13. The maximum absolute atomic E-state index is 10.6. The van der Waals surface area contributed by atoms with Gasteiger partial charge in [-0.2, -0.15) is 0 Å². The minimum Gasteiger partial charge on any atom is -0.477 e. The van der Waals surface area contributed by atoms with Gasteiger partial charge in [0.25, 0.3) is 0 Å². The number of hydrogen-bond acceptors (Lipinski definition) is 3. The zero-order chi connectivity index (χ0) is 11.3. The molecule has 0 aliphatic heterocycles. The van der Waals surface area contributed by atoms with Crippen molar-refractivity contribution in [1.82, 2.24) is 5.32 Å². The molecule has 0 bridgehead atoms. The average molecular weight is 227 g/mol. The van der Waals surface area contributed by atoms with Crippen molar-refractivity contribution in [2.45, 2.75) is 26.8 Å². The third-order valence-corrected chi connectivity index (χ3v) is 3.43. The molecular formula is C11H17NO2S. The fraction of sp³-hybridized carbons (Fsp3) is 0.545. The molecule has 0 aromatic carbocycles. The number of hydrogen-bond donors (Lipinski definition) is 2. The predicted octanol–water partition coefficient (Wildman–Crippen LogP) is 2.58. The van der Waals surface area contributed by atoms with Crippen molar-refractivity contribution in [1.29, 1.82) is 0 Å². The molecule has 1 unspecified atom stereocenters. The van der Waals surface area contributed by atoms with E-state index < -0.39 is 5.97 Å². The molecule has 0 aliphatic carbocycles. The number of carboxylic acid groups (broad SMARTS) is 1. The van der Waals surface area contributed by atoms with Gasteiger partial charge in [-0.3, -0.25) is 0 Å². The molecule has 1 rings (SSSR count). The van der Waals surface area contributed by atoms with Crippen molar-refractivity contribution in [3.63, 3.8) is 0 Å². The van der Waals surface area contributed by atoms with Gasteiger partial charge in [0.15, 0.2) is 0 Å². The SMILES string of the molecule is CCC(C)CNCc1ccc(C(=O)O)s1. The van der Waals surface area contributed by atoms with Gasteiger partial charge in [0.1, 0.15) is 4.88 Å². The molecular weight excluding hydrogens is 210 g/mol. The lowest BCUT2D eigenvalue weighted by Gasteiger charge is -2.08. The molecule has 3 nitrogen and oxygen atoms in total. The second-order valence-electron chi connectivity index (χ2n) is 3.72. The summed E-state index contributed by atoms with van der Waals surface area (Å²) in [7, 11) is 0. The third-order valence-electron chi connectivity index (χ3n) is 2.36. The van der Waals surface area contributed by atoms with Crippen LogP contribution in [0.1, 0.15) is 34.8 Å². The van der Waals surface area contributed by atoms with E-state index in [9.17, 15) is 4.79 Å². The van der Waals surface area contributed by atoms with E-state index >= 15 is 0 Å². The molecule has 1 aromatic rings. The Morgan fingerprint density at radius 2 is 2.33 bits per heavy atom. The Labute approximate surface area is 94.1 Å². The van der Waals surface area contributed by atoms with Gasteiger partial charge in [0, 0.05) is 11.4 Å². The third kappa shape index (κ3) is 4.01. The van der Waals surface area contributed by atoms with E-state index in [4.69, 9.17) is 5.11 Å². The maximum atomic E-state index is 10.6. The fourth-order valence-electron chi connectivity index (χ4n) is 1.17. The molecule has 1 atom stereocenters. The summed E-state index contributed by atoms with van der Waals surface area (Å²) in [5, 5.41) is 12.1. The Morgan fingerprint density at radius 1 is 1.60 bits per heavy atom. The van der Waals surface area contributed by atoms with E-state index in [1.807, 2.05) is 6.07 Å². The average Bonchev–Trinajstić information content (AvgIpc) is 2.66. The number of thiophene rings is 1. The first kappa shape index (κ1) is 12.2. The molecule has 84 valence electrons. The lowest BCUT2D eigenvalue weighted by molar-refractivity contribution is 0.0702. The molecule has 0 saturated heterocycles. The molecule has 2 N–H and O–H groups in total. The van der Waals surface area contributed by atoms with Crippen molar-refractivity contribution in [3.8, 4) is 0 Å². The standard InChI is InChI=1S/C11H17NO2S/c1-3-8(2)6-12-7-9-4-5-10(15-9)11(13)14/h4-5,8,12H,3,6-7H2,1-2H3,(H,13,14). The first-order valence-electron chi connectivity index (χ1n) is 5.16. The van der Waals surface area contributed by atoms with E-state index in [0.29, 0.717) is 10.8 Å². The second-order valence-corrected chi connectivity index (χ2v) is 4.88. The van der Waals surface area contributed by atoms with Crippen molar-refractivity contribution in [2.75, 3.05) is 6.54 Å². The van der Waals surface area contributed by atoms with Crippen LogP contribution in [0.4, 0.5) is 0 Å². The summed E-state index contributed by atoms with van der Waals surface area (Å²) in [6, 6.07) is 3.53. The molecule has 1 heterocycles. The van der Waals surface area contributed by atoms with E-state index in [1.165, 1.54) is 11.3 Å². The highest BCUT2D eigenvalue weighted by Gasteiger charge is 2.06. The van der Waals surface area contributed by atoms with Crippen LogP contribution in [0.15, 0.2) is 12.1 Å². The molecule has 0 radical (unpaired) electrons. The summed E-state index contributed by atoms with van der Waals surface area (Å²) in [4.78, 5) is 12.1.